The van der Waals surface area contributed by atoms with Gasteiger partial charge in [0.05, 0.1) is 11.4 Å². The van der Waals surface area contributed by atoms with Gasteiger partial charge < -0.3 is 9.97 Å². The molecule has 3 nitrogen and oxygen atoms in total. The number of hydrogen-bond acceptors (Lipinski definition) is 1. The van der Waals surface area contributed by atoms with Crippen molar-refractivity contribution in [1.82, 2.24) is 9.97 Å². The number of nitrogens with zero attached hydrogens (tertiary/aromatic N) is 1. The number of hydrogen-bond donors (Lipinski definition) is 2. The Balaban J connectivity index is 1.70. The average Bonchev–Trinajstić information content (AvgIpc) is 3.50. The van der Waals surface area contributed by atoms with Gasteiger partial charge in [0, 0.05) is 27.7 Å². The summed E-state index contributed by atoms with van der Waals surface area (Å²) in [5, 5.41) is 2.03. The summed E-state index contributed by atoms with van der Waals surface area (Å²) >= 11 is 0. The van der Waals surface area contributed by atoms with E-state index in [4.69, 9.17) is 4.99 Å². The van der Waals surface area contributed by atoms with Crippen LogP contribution in [0.4, 0.5) is 0 Å². The molecule has 1 aromatic carbocycles. The Morgan fingerprint density at radius 2 is 1.55 bits per heavy atom. The highest BCUT2D eigenvalue weighted by Gasteiger charge is 2.11. The van der Waals surface area contributed by atoms with E-state index in [1.807, 2.05) is 30.4 Å². The largest absolute Gasteiger partial charge is 0.355 e. The van der Waals surface area contributed by atoms with Crippen molar-refractivity contribution in [2.45, 2.75) is 6.92 Å². The zero-order valence-corrected chi connectivity index (χ0v) is 17.4. The zero-order chi connectivity index (χ0) is 21.2. The SMILES string of the molecule is C=C1/C=C\C(C)=C(/c2ccccc2)c2ccc([nH]2)/C=C2/C=CC(=N2)/C=c2/cc/c([nH]2)=C/1. The Hall–Kier alpha value is -4.11. The lowest BCUT2D eigenvalue weighted by Gasteiger charge is -2.10. The van der Waals surface area contributed by atoms with E-state index in [9.17, 15) is 0 Å². The maximum atomic E-state index is 4.73. The number of fused-ring (bicyclic) bond motifs is 5. The Morgan fingerprint density at radius 1 is 0.742 bits per heavy atom. The van der Waals surface area contributed by atoms with E-state index >= 15 is 0 Å². The third kappa shape index (κ3) is 4.12. The first-order chi connectivity index (χ1) is 15.1. The zero-order valence-electron chi connectivity index (χ0n) is 17.4. The first kappa shape index (κ1) is 18.9. The number of allylic oxidation sites excluding steroid dienone is 6. The average molecular weight is 402 g/mol. The molecule has 3 aromatic rings. The molecule has 0 amide bonds. The first-order valence-corrected chi connectivity index (χ1v) is 10.3. The lowest BCUT2D eigenvalue weighted by molar-refractivity contribution is 1.27. The van der Waals surface area contributed by atoms with Crippen LogP contribution < -0.4 is 10.7 Å². The van der Waals surface area contributed by atoms with Gasteiger partial charge in [0.2, 0.25) is 0 Å². The number of benzene rings is 1. The van der Waals surface area contributed by atoms with Crippen molar-refractivity contribution in [2.75, 3.05) is 0 Å². The van der Waals surface area contributed by atoms with Gasteiger partial charge in [-0.25, -0.2) is 4.99 Å². The topological polar surface area (TPSA) is 43.9 Å². The summed E-state index contributed by atoms with van der Waals surface area (Å²) in [5.74, 6) is 0. The number of aromatic amines is 2. The molecule has 150 valence electrons. The molecule has 2 N–H and O–H groups in total. The molecule has 0 fully saturated rings. The molecule has 2 aliphatic heterocycles. The Kier molecular flexibility index (Phi) is 4.85. The third-order valence-corrected chi connectivity index (χ3v) is 5.34. The van der Waals surface area contributed by atoms with Crippen LogP contribution in [0.25, 0.3) is 23.8 Å². The van der Waals surface area contributed by atoms with Crippen LogP contribution in [0.5, 0.6) is 0 Å². The second-order valence-corrected chi connectivity index (χ2v) is 7.76. The highest BCUT2D eigenvalue weighted by atomic mass is 14.8. The fraction of sp³-hybridized carbons (Fsp3) is 0.0357. The maximum absolute atomic E-state index is 4.73. The monoisotopic (exact) mass is 401 g/mol. The van der Waals surface area contributed by atoms with E-state index in [1.54, 1.807) is 0 Å². The maximum Gasteiger partial charge on any atom is 0.0658 e. The molecule has 0 saturated heterocycles. The molecule has 0 saturated carbocycles. The predicted molar refractivity (Wildman–Crippen MR) is 131 cm³/mol. The number of nitrogens with one attached hydrogen (secondary N) is 2. The van der Waals surface area contributed by atoms with Gasteiger partial charge in [0.15, 0.2) is 0 Å². The molecule has 0 atom stereocenters. The minimum Gasteiger partial charge on any atom is -0.355 e. The van der Waals surface area contributed by atoms with Gasteiger partial charge in [-0.1, -0.05) is 49.1 Å². The quantitative estimate of drug-likeness (QED) is 0.582. The molecular weight excluding hydrogens is 378 g/mol. The van der Waals surface area contributed by atoms with Crippen LogP contribution in [0.3, 0.4) is 0 Å². The van der Waals surface area contributed by atoms with E-state index in [-0.39, 0.29) is 0 Å². The molecule has 5 rings (SSSR count). The smallest absolute Gasteiger partial charge is 0.0658 e. The highest BCUT2D eigenvalue weighted by Crippen LogP contribution is 2.28. The second kappa shape index (κ2) is 7.96. The molecule has 2 aliphatic rings. The fourth-order valence-electron chi connectivity index (χ4n) is 3.88. The molecule has 0 unspecified atom stereocenters. The van der Waals surface area contributed by atoms with Crippen molar-refractivity contribution in [3.8, 4) is 0 Å². The Bertz CT molecular complexity index is 1430. The van der Waals surface area contributed by atoms with E-state index in [2.05, 4.69) is 90.2 Å². The molecule has 0 radical (unpaired) electrons. The second-order valence-electron chi connectivity index (χ2n) is 7.76. The summed E-state index contributed by atoms with van der Waals surface area (Å²) in [5.41, 5.74) is 8.38. The van der Waals surface area contributed by atoms with Gasteiger partial charge in [-0.2, -0.15) is 0 Å². The minimum atomic E-state index is 0.926. The number of aliphatic imine (C=N–C) groups is 1. The highest BCUT2D eigenvalue weighted by molar-refractivity contribution is 6.19. The molecule has 2 aromatic heterocycles. The van der Waals surface area contributed by atoms with Gasteiger partial charge in [-0.3, -0.25) is 0 Å². The van der Waals surface area contributed by atoms with Gasteiger partial charge >= 0.3 is 0 Å². The summed E-state index contributed by atoms with van der Waals surface area (Å²) in [4.78, 5) is 11.7. The normalized spacial score (nSPS) is 23.1. The lowest BCUT2D eigenvalue weighted by Crippen LogP contribution is -2.10. The number of rotatable bonds is 1. The van der Waals surface area contributed by atoms with Crippen molar-refractivity contribution >= 4 is 29.5 Å². The number of H-pyrrole nitrogens is 2. The van der Waals surface area contributed by atoms with Crippen LogP contribution in [-0.4, -0.2) is 15.7 Å². The summed E-state index contributed by atoms with van der Waals surface area (Å²) in [6, 6.07) is 18.8. The van der Waals surface area contributed by atoms with E-state index in [1.165, 1.54) is 11.1 Å². The van der Waals surface area contributed by atoms with Gasteiger partial charge in [0.1, 0.15) is 0 Å². The van der Waals surface area contributed by atoms with E-state index in [0.29, 0.717) is 0 Å². The van der Waals surface area contributed by atoms with Crippen molar-refractivity contribution in [1.29, 1.82) is 0 Å². The van der Waals surface area contributed by atoms with Gasteiger partial charge in [0.25, 0.3) is 0 Å². The Morgan fingerprint density at radius 3 is 2.39 bits per heavy atom. The molecule has 3 heteroatoms. The van der Waals surface area contributed by atoms with Crippen molar-refractivity contribution in [3.05, 3.63) is 130 Å². The van der Waals surface area contributed by atoms with Crippen molar-refractivity contribution in [3.63, 3.8) is 0 Å². The van der Waals surface area contributed by atoms with E-state index in [0.717, 1.165) is 44.6 Å². The van der Waals surface area contributed by atoms with Crippen LogP contribution in [0.1, 0.15) is 23.9 Å². The summed E-state index contributed by atoms with van der Waals surface area (Å²) in [6.07, 6.45) is 14.4. The van der Waals surface area contributed by atoms with Crippen LogP contribution >= 0.6 is 0 Å². The summed E-state index contributed by atoms with van der Waals surface area (Å²) in [6.45, 7) is 6.34. The fourth-order valence-corrected chi connectivity index (χ4v) is 3.88. The molecule has 0 spiro atoms. The number of aromatic nitrogens is 2. The van der Waals surface area contributed by atoms with Gasteiger partial charge in [-0.05, 0) is 78.3 Å². The van der Waals surface area contributed by atoms with Crippen LogP contribution in [0, 0.1) is 0 Å². The summed E-state index contributed by atoms with van der Waals surface area (Å²) < 4.78 is 0. The minimum absolute atomic E-state index is 0.926. The van der Waals surface area contributed by atoms with Gasteiger partial charge in [-0.15, -0.1) is 0 Å². The molecular formula is C28H23N3. The first-order valence-electron chi connectivity index (χ1n) is 10.3. The molecule has 4 heterocycles. The predicted octanol–water partition coefficient (Wildman–Crippen LogP) is 4.90. The summed E-state index contributed by atoms with van der Waals surface area (Å²) in [7, 11) is 0. The van der Waals surface area contributed by atoms with Crippen LogP contribution in [-0.2, 0) is 0 Å². The standard InChI is InChI=1S/C28H23N3/c1-19-8-9-20(2)28(21-6-4-3-5-7-21)27-15-14-26(31-27)18-25-13-12-24(30-25)17-23-11-10-22(16-19)29-23/h3-18,29,31H,1H2,2H3/b9-8-,22-16-,23-17-,25-18-,28-20+. The van der Waals surface area contributed by atoms with Crippen LogP contribution in [0.2, 0.25) is 0 Å². The molecule has 0 aliphatic carbocycles. The van der Waals surface area contributed by atoms with E-state index < -0.39 is 0 Å². The van der Waals surface area contributed by atoms with Crippen LogP contribution in [0.15, 0.2) is 107 Å². The van der Waals surface area contributed by atoms with Crippen molar-refractivity contribution in [2.24, 2.45) is 4.99 Å². The Labute approximate surface area is 181 Å². The lowest BCUT2D eigenvalue weighted by atomic mass is 9.97. The molecule has 31 heavy (non-hydrogen) atoms. The van der Waals surface area contributed by atoms with Crippen molar-refractivity contribution < 1.29 is 0 Å². The molecule has 6 bridgehead atoms. The third-order valence-electron chi connectivity index (χ3n) is 5.34.